The van der Waals surface area contributed by atoms with Gasteiger partial charge in [-0.1, -0.05) is 29.8 Å². The molecule has 0 aliphatic carbocycles. The summed E-state index contributed by atoms with van der Waals surface area (Å²) in [6.45, 7) is 3.63. The van der Waals surface area contributed by atoms with Crippen molar-refractivity contribution in [2.75, 3.05) is 12.4 Å². The smallest absolute Gasteiger partial charge is 0.269 e. The molecule has 0 unspecified atom stereocenters. The molecule has 0 radical (unpaired) electrons. The largest absolute Gasteiger partial charge is 0.495 e. The van der Waals surface area contributed by atoms with E-state index in [0.29, 0.717) is 27.9 Å². The number of halogens is 1. The molecule has 4 rings (SSSR count). The van der Waals surface area contributed by atoms with Crippen molar-refractivity contribution in [2.24, 2.45) is 0 Å². The molecule has 8 nitrogen and oxygen atoms in total. The fourth-order valence-corrected chi connectivity index (χ4v) is 3.63. The number of pyridine rings is 1. The average Bonchev–Trinajstić information content (AvgIpc) is 2.87. The molecule has 9 heteroatoms. The van der Waals surface area contributed by atoms with Gasteiger partial charge in [0.25, 0.3) is 11.5 Å². The molecular weight excluding hydrogens is 480 g/mol. The highest BCUT2D eigenvalue weighted by atomic mass is 35.5. The maximum absolute atomic E-state index is 13.5. The Labute approximate surface area is 212 Å². The predicted octanol–water partition coefficient (Wildman–Crippen LogP) is 5.31. The molecule has 1 amide bonds. The lowest BCUT2D eigenvalue weighted by atomic mass is 10.1. The van der Waals surface area contributed by atoms with E-state index in [1.165, 1.54) is 17.6 Å². The molecule has 0 saturated carbocycles. The minimum atomic E-state index is -0.718. The molecule has 0 atom stereocenters. The van der Waals surface area contributed by atoms with E-state index in [0.717, 1.165) is 11.1 Å². The average molecular weight is 501 g/mol. The second-order valence-corrected chi connectivity index (χ2v) is 8.27. The summed E-state index contributed by atoms with van der Waals surface area (Å²) >= 11 is 6.13. The van der Waals surface area contributed by atoms with Crippen LogP contribution < -0.4 is 20.3 Å². The number of hydrogen-bond donors (Lipinski definition) is 1. The summed E-state index contributed by atoms with van der Waals surface area (Å²) < 4.78 is 12.6. The number of aryl methyl sites for hydroxylation is 2. The number of nitriles is 1. The van der Waals surface area contributed by atoms with E-state index in [1.54, 1.807) is 54.7 Å². The third-order valence-corrected chi connectivity index (χ3v) is 5.83. The number of carbonyl (C=O) groups is 1. The molecular formula is C27H21ClN4O4. The first-order valence-corrected chi connectivity index (χ1v) is 11.2. The van der Waals surface area contributed by atoms with E-state index < -0.39 is 11.5 Å². The van der Waals surface area contributed by atoms with Gasteiger partial charge < -0.3 is 14.8 Å². The lowest BCUT2D eigenvalue weighted by molar-refractivity contribution is -0.112. The summed E-state index contributed by atoms with van der Waals surface area (Å²) in [7, 11) is 1.47. The predicted molar refractivity (Wildman–Crippen MR) is 138 cm³/mol. The molecule has 180 valence electrons. The Bertz CT molecular complexity index is 1620. The maximum Gasteiger partial charge on any atom is 0.269 e. The molecule has 0 spiro atoms. The molecule has 1 N–H and O–H groups in total. The first kappa shape index (κ1) is 24.5. The second-order valence-electron chi connectivity index (χ2n) is 7.86. The SMILES string of the molecule is COc1ccccc1NC(=O)/C(C#N)=C\c1c(Oc2ccc(Cl)c(C)c2)nc2c(C)cccn2c1=O. The number of carbonyl (C=O) groups excluding carboxylic acids is 1. The summed E-state index contributed by atoms with van der Waals surface area (Å²) in [5.41, 5.74) is 1.41. The van der Waals surface area contributed by atoms with Crippen LogP contribution in [0.25, 0.3) is 11.7 Å². The fourth-order valence-electron chi connectivity index (χ4n) is 3.52. The molecule has 0 bridgehead atoms. The zero-order chi connectivity index (χ0) is 25.8. The lowest BCUT2D eigenvalue weighted by Gasteiger charge is -2.12. The van der Waals surface area contributed by atoms with Crippen LogP contribution in [0.3, 0.4) is 0 Å². The Morgan fingerprint density at radius 1 is 1.14 bits per heavy atom. The van der Waals surface area contributed by atoms with Crippen LogP contribution in [-0.4, -0.2) is 22.4 Å². The van der Waals surface area contributed by atoms with Crippen LogP contribution in [0.1, 0.15) is 16.7 Å². The Hall–Kier alpha value is -4.61. The van der Waals surface area contributed by atoms with Crippen molar-refractivity contribution in [2.45, 2.75) is 13.8 Å². The van der Waals surface area contributed by atoms with Gasteiger partial charge >= 0.3 is 0 Å². The number of benzene rings is 2. The molecule has 4 aromatic rings. The molecule has 0 aliphatic rings. The van der Waals surface area contributed by atoms with E-state index in [4.69, 9.17) is 21.1 Å². The van der Waals surface area contributed by atoms with E-state index in [2.05, 4.69) is 10.3 Å². The van der Waals surface area contributed by atoms with Gasteiger partial charge in [-0.3, -0.25) is 14.0 Å². The van der Waals surface area contributed by atoms with Gasteiger partial charge in [-0.15, -0.1) is 0 Å². The van der Waals surface area contributed by atoms with Crippen LogP contribution in [0.5, 0.6) is 17.4 Å². The summed E-state index contributed by atoms with van der Waals surface area (Å²) in [6.07, 6.45) is 2.74. The highest BCUT2D eigenvalue weighted by Gasteiger charge is 2.19. The van der Waals surface area contributed by atoms with Crippen LogP contribution in [0.2, 0.25) is 5.02 Å². The Morgan fingerprint density at radius 3 is 2.64 bits per heavy atom. The van der Waals surface area contributed by atoms with Crippen LogP contribution in [-0.2, 0) is 4.79 Å². The standard InChI is InChI=1S/C27H21ClN4O4/c1-16-7-6-12-32-24(16)31-26(36-19-10-11-21(28)17(2)13-19)20(27(32)34)14-18(15-29)25(33)30-22-8-4-5-9-23(22)35-3/h4-14H,1-3H3,(H,30,33)/b18-14-. The Balaban J connectivity index is 1.84. The molecule has 0 saturated heterocycles. The molecule has 0 fully saturated rings. The first-order valence-electron chi connectivity index (χ1n) is 10.8. The monoisotopic (exact) mass is 500 g/mol. The second kappa shape index (κ2) is 10.3. The summed E-state index contributed by atoms with van der Waals surface area (Å²) in [6, 6.07) is 17.2. The Morgan fingerprint density at radius 2 is 1.92 bits per heavy atom. The third kappa shape index (κ3) is 4.92. The van der Waals surface area contributed by atoms with Crippen LogP contribution in [0, 0.1) is 25.2 Å². The molecule has 0 aliphatic heterocycles. The number of nitrogens with zero attached hydrogens (tertiary/aromatic N) is 3. The zero-order valence-electron chi connectivity index (χ0n) is 19.7. The van der Waals surface area contributed by atoms with Crippen LogP contribution >= 0.6 is 11.6 Å². The number of methoxy groups -OCH3 is 1. The maximum atomic E-state index is 13.5. The van der Waals surface area contributed by atoms with Gasteiger partial charge in [0.05, 0.1) is 12.8 Å². The van der Waals surface area contributed by atoms with Crippen molar-refractivity contribution in [1.82, 2.24) is 9.38 Å². The molecule has 2 aromatic carbocycles. The number of fused-ring (bicyclic) bond motifs is 1. The van der Waals surface area contributed by atoms with E-state index in [-0.39, 0.29) is 17.0 Å². The number of ether oxygens (including phenoxy) is 2. The van der Waals surface area contributed by atoms with Gasteiger partial charge in [0, 0.05) is 11.2 Å². The summed E-state index contributed by atoms with van der Waals surface area (Å²) in [4.78, 5) is 31.0. The number of anilines is 1. The van der Waals surface area contributed by atoms with Gasteiger partial charge in [0.2, 0.25) is 5.88 Å². The minimum absolute atomic E-state index is 0.0473. The van der Waals surface area contributed by atoms with Gasteiger partial charge in [0.15, 0.2) is 0 Å². The highest BCUT2D eigenvalue weighted by Crippen LogP contribution is 2.28. The van der Waals surface area contributed by atoms with E-state index in [1.807, 2.05) is 26.0 Å². The zero-order valence-corrected chi connectivity index (χ0v) is 20.5. The highest BCUT2D eigenvalue weighted by molar-refractivity contribution is 6.31. The van der Waals surface area contributed by atoms with Crippen molar-refractivity contribution in [3.8, 4) is 23.4 Å². The number of rotatable bonds is 6. The van der Waals surface area contributed by atoms with Crippen molar-refractivity contribution in [3.05, 3.63) is 98.4 Å². The minimum Gasteiger partial charge on any atom is -0.495 e. The number of nitrogens with one attached hydrogen (secondary N) is 1. The summed E-state index contributed by atoms with van der Waals surface area (Å²) in [5.74, 6) is 0.0550. The molecule has 2 aromatic heterocycles. The molecule has 2 heterocycles. The number of aromatic nitrogens is 2. The van der Waals surface area contributed by atoms with Crippen LogP contribution in [0.4, 0.5) is 5.69 Å². The van der Waals surface area contributed by atoms with Gasteiger partial charge in [0.1, 0.15) is 34.4 Å². The number of para-hydroxylation sites is 2. The van der Waals surface area contributed by atoms with Crippen molar-refractivity contribution < 1.29 is 14.3 Å². The van der Waals surface area contributed by atoms with Gasteiger partial charge in [-0.2, -0.15) is 10.2 Å². The Kier molecular flexibility index (Phi) is 7.04. The topological polar surface area (TPSA) is 106 Å². The van der Waals surface area contributed by atoms with E-state index >= 15 is 0 Å². The third-order valence-electron chi connectivity index (χ3n) is 5.40. The van der Waals surface area contributed by atoms with Crippen LogP contribution in [0.15, 0.2) is 71.2 Å². The van der Waals surface area contributed by atoms with Crippen molar-refractivity contribution in [1.29, 1.82) is 5.26 Å². The first-order chi connectivity index (χ1) is 17.3. The van der Waals surface area contributed by atoms with E-state index in [9.17, 15) is 14.9 Å². The normalized spacial score (nSPS) is 11.1. The fraction of sp³-hybridized carbons (Fsp3) is 0.111. The van der Waals surface area contributed by atoms with Crippen molar-refractivity contribution >= 4 is 34.9 Å². The number of amides is 1. The number of hydrogen-bond acceptors (Lipinski definition) is 6. The molecule has 36 heavy (non-hydrogen) atoms. The van der Waals surface area contributed by atoms with Gasteiger partial charge in [-0.25, -0.2) is 0 Å². The van der Waals surface area contributed by atoms with Gasteiger partial charge in [-0.05, 0) is 67.4 Å². The lowest BCUT2D eigenvalue weighted by Crippen LogP contribution is -2.21. The summed E-state index contributed by atoms with van der Waals surface area (Å²) in [5, 5.41) is 13.0. The quantitative estimate of drug-likeness (QED) is 0.284. The van der Waals surface area contributed by atoms with Crippen molar-refractivity contribution in [3.63, 3.8) is 0 Å².